The SMILES string of the molecule is Nc1cccc(C[C@@H]2CNC[C@H]2NC[C@H]2CCCN2)n1. The maximum Gasteiger partial charge on any atom is 0.123 e. The van der Waals surface area contributed by atoms with Gasteiger partial charge < -0.3 is 21.7 Å². The molecule has 1 aromatic rings. The van der Waals surface area contributed by atoms with Gasteiger partial charge in [-0.25, -0.2) is 4.98 Å². The molecule has 0 aromatic carbocycles. The highest BCUT2D eigenvalue weighted by atomic mass is 15.1. The molecule has 110 valence electrons. The molecule has 2 aliphatic heterocycles. The van der Waals surface area contributed by atoms with Crippen molar-refractivity contribution < 1.29 is 0 Å². The Balaban J connectivity index is 1.52. The fraction of sp³-hybridized carbons (Fsp3) is 0.667. The molecule has 0 amide bonds. The van der Waals surface area contributed by atoms with E-state index < -0.39 is 0 Å². The third kappa shape index (κ3) is 3.48. The number of aromatic nitrogens is 1. The molecule has 3 atom stereocenters. The second-order valence-corrected chi connectivity index (χ2v) is 5.98. The minimum Gasteiger partial charge on any atom is -0.384 e. The molecule has 0 unspecified atom stereocenters. The van der Waals surface area contributed by atoms with Gasteiger partial charge in [0.2, 0.25) is 0 Å². The Morgan fingerprint density at radius 1 is 1.35 bits per heavy atom. The monoisotopic (exact) mass is 275 g/mol. The lowest BCUT2D eigenvalue weighted by Gasteiger charge is -2.22. The van der Waals surface area contributed by atoms with Gasteiger partial charge in [-0.15, -0.1) is 0 Å². The smallest absolute Gasteiger partial charge is 0.123 e. The second kappa shape index (κ2) is 6.52. The molecule has 0 saturated carbocycles. The van der Waals surface area contributed by atoms with Crippen LogP contribution in [0.25, 0.3) is 0 Å². The fourth-order valence-electron chi connectivity index (χ4n) is 3.29. The number of hydrogen-bond donors (Lipinski definition) is 4. The molecule has 1 aromatic heterocycles. The molecule has 0 radical (unpaired) electrons. The molecule has 5 heteroatoms. The molecule has 2 saturated heterocycles. The fourth-order valence-corrected chi connectivity index (χ4v) is 3.29. The molecule has 0 spiro atoms. The Morgan fingerprint density at radius 2 is 2.30 bits per heavy atom. The molecule has 5 nitrogen and oxygen atoms in total. The Morgan fingerprint density at radius 3 is 3.10 bits per heavy atom. The molecule has 0 aliphatic carbocycles. The van der Waals surface area contributed by atoms with Gasteiger partial charge in [0, 0.05) is 30.9 Å². The van der Waals surface area contributed by atoms with Crippen molar-refractivity contribution in [2.75, 3.05) is 31.9 Å². The van der Waals surface area contributed by atoms with E-state index in [1.54, 1.807) is 0 Å². The first-order valence-corrected chi connectivity index (χ1v) is 7.70. The quantitative estimate of drug-likeness (QED) is 0.615. The largest absolute Gasteiger partial charge is 0.384 e. The molecule has 2 aliphatic rings. The van der Waals surface area contributed by atoms with Crippen LogP contribution in [0.1, 0.15) is 18.5 Å². The van der Waals surface area contributed by atoms with Crippen LogP contribution in [0, 0.1) is 5.92 Å². The summed E-state index contributed by atoms with van der Waals surface area (Å²) in [4.78, 5) is 4.42. The number of hydrogen-bond acceptors (Lipinski definition) is 5. The molecule has 3 heterocycles. The number of rotatable bonds is 5. The van der Waals surface area contributed by atoms with E-state index in [1.165, 1.54) is 19.4 Å². The number of nitrogens with two attached hydrogens (primary N) is 1. The van der Waals surface area contributed by atoms with Crippen LogP contribution >= 0.6 is 0 Å². The highest BCUT2D eigenvalue weighted by Gasteiger charge is 2.28. The average Bonchev–Trinajstić information content (AvgIpc) is 3.08. The van der Waals surface area contributed by atoms with Crippen molar-refractivity contribution in [3.63, 3.8) is 0 Å². The van der Waals surface area contributed by atoms with Gasteiger partial charge in [-0.3, -0.25) is 0 Å². The van der Waals surface area contributed by atoms with E-state index in [9.17, 15) is 0 Å². The van der Waals surface area contributed by atoms with Crippen LogP contribution in [0.5, 0.6) is 0 Å². The maximum absolute atomic E-state index is 5.76. The molecule has 0 bridgehead atoms. The number of nitrogens with zero attached hydrogens (tertiary/aromatic N) is 1. The third-order valence-electron chi connectivity index (χ3n) is 4.43. The van der Waals surface area contributed by atoms with Crippen molar-refractivity contribution in [3.8, 4) is 0 Å². The van der Waals surface area contributed by atoms with Gasteiger partial charge in [0.05, 0.1) is 0 Å². The van der Waals surface area contributed by atoms with E-state index in [4.69, 9.17) is 5.73 Å². The second-order valence-electron chi connectivity index (χ2n) is 5.98. The van der Waals surface area contributed by atoms with Crippen molar-refractivity contribution in [3.05, 3.63) is 23.9 Å². The predicted octanol–water partition coefficient (Wildman–Crippen LogP) is 0.136. The zero-order chi connectivity index (χ0) is 13.8. The normalized spacial score (nSPS) is 29.9. The van der Waals surface area contributed by atoms with Crippen LogP contribution in [0.4, 0.5) is 5.82 Å². The molecule has 5 N–H and O–H groups in total. The predicted molar refractivity (Wildman–Crippen MR) is 81.5 cm³/mol. The van der Waals surface area contributed by atoms with Gasteiger partial charge in [-0.05, 0) is 50.4 Å². The van der Waals surface area contributed by atoms with E-state index in [0.29, 0.717) is 23.8 Å². The van der Waals surface area contributed by atoms with Crippen LogP contribution in [-0.4, -0.2) is 43.2 Å². The highest BCUT2D eigenvalue weighted by Crippen LogP contribution is 2.16. The van der Waals surface area contributed by atoms with Crippen molar-refractivity contribution in [2.24, 2.45) is 5.92 Å². The lowest BCUT2D eigenvalue weighted by atomic mass is 9.97. The number of anilines is 1. The zero-order valence-electron chi connectivity index (χ0n) is 11.9. The van der Waals surface area contributed by atoms with E-state index in [0.717, 1.165) is 31.7 Å². The summed E-state index contributed by atoms with van der Waals surface area (Å²) in [6.07, 6.45) is 3.61. The van der Waals surface area contributed by atoms with E-state index in [-0.39, 0.29) is 0 Å². The Kier molecular flexibility index (Phi) is 4.50. The molecular weight excluding hydrogens is 250 g/mol. The van der Waals surface area contributed by atoms with Gasteiger partial charge in [-0.2, -0.15) is 0 Å². The summed E-state index contributed by atoms with van der Waals surface area (Å²) in [6.45, 7) is 4.37. The Bertz CT molecular complexity index is 430. The van der Waals surface area contributed by atoms with Crippen LogP contribution in [0.15, 0.2) is 18.2 Å². The van der Waals surface area contributed by atoms with Crippen molar-refractivity contribution in [2.45, 2.75) is 31.3 Å². The van der Waals surface area contributed by atoms with Gasteiger partial charge in [0.25, 0.3) is 0 Å². The summed E-state index contributed by atoms with van der Waals surface area (Å²) in [6, 6.07) is 7.11. The minimum absolute atomic E-state index is 0.542. The van der Waals surface area contributed by atoms with Crippen LogP contribution in [0.3, 0.4) is 0 Å². The number of nitrogens with one attached hydrogen (secondary N) is 3. The lowest BCUT2D eigenvalue weighted by Crippen LogP contribution is -2.43. The topological polar surface area (TPSA) is 75.0 Å². The Hall–Kier alpha value is -1.17. The molecular formula is C15H25N5. The Labute approximate surface area is 120 Å². The van der Waals surface area contributed by atoms with Crippen LogP contribution in [0.2, 0.25) is 0 Å². The standard InChI is InChI=1S/C15H25N5/c16-15-5-1-3-12(20-15)7-11-8-17-10-14(11)19-9-13-4-2-6-18-13/h1,3,5,11,13-14,17-19H,2,4,6-10H2,(H2,16,20)/t11-,13-,14-/m1/s1. The summed E-state index contributed by atoms with van der Waals surface area (Å²) < 4.78 is 0. The summed E-state index contributed by atoms with van der Waals surface area (Å²) in [7, 11) is 0. The molecule has 2 fully saturated rings. The summed E-state index contributed by atoms with van der Waals surface area (Å²) >= 11 is 0. The summed E-state index contributed by atoms with van der Waals surface area (Å²) in [5.74, 6) is 1.22. The minimum atomic E-state index is 0.542. The summed E-state index contributed by atoms with van der Waals surface area (Å²) in [5.41, 5.74) is 6.86. The third-order valence-corrected chi connectivity index (χ3v) is 4.43. The van der Waals surface area contributed by atoms with Crippen LogP contribution in [-0.2, 0) is 6.42 Å². The number of pyridine rings is 1. The maximum atomic E-state index is 5.76. The van der Waals surface area contributed by atoms with Crippen LogP contribution < -0.4 is 21.7 Å². The van der Waals surface area contributed by atoms with Crippen molar-refractivity contribution in [1.29, 1.82) is 0 Å². The van der Waals surface area contributed by atoms with E-state index in [2.05, 4.69) is 27.0 Å². The van der Waals surface area contributed by atoms with Crippen molar-refractivity contribution in [1.82, 2.24) is 20.9 Å². The molecule has 20 heavy (non-hydrogen) atoms. The first-order chi connectivity index (χ1) is 9.81. The van der Waals surface area contributed by atoms with E-state index >= 15 is 0 Å². The van der Waals surface area contributed by atoms with Gasteiger partial charge >= 0.3 is 0 Å². The first-order valence-electron chi connectivity index (χ1n) is 7.70. The lowest BCUT2D eigenvalue weighted by molar-refractivity contribution is 0.399. The highest BCUT2D eigenvalue weighted by molar-refractivity contribution is 5.29. The average molecular weight is 275 g/mol. The first kappa shape index (κ1) is 13.8. The number of nitrogen functional groups attached to an aromatic ring is 1. The van der Waals surface area contributed by atoms with Gasteiger partial charge in [-0.1, -0.05) is 6.07 Å². The summed E-state index contributed by atoms with van der Waals surface area (Å²) in [5, 5.41) is 10.8. The zero-order valence-corrected chi connectivity index (χ0v) is 11.9. The van der Waals surface area contributed by atoms with Gasteiger partial charge in [0.1, 0.15) is 5.82 Å². The van der Waals surface area contributed by atoms with Crippen molar-refractivity contribution >= 4 is 5.82 Å². The van der Waals surface area contributed by atoms with Gasteiger partial charge in [0.15, 0.2) is 0 Å². The van der Waals surface area contributed by atoms with E-state index in [1.807, 2.05) is 12.1 Å². The molecule has 3 rings (SSSR count).